The maximum absolute atomic E-state index is 11.6. The van der Waals surface area contributed by atoms with Crippen LogP contribution in [0, 0.1) is 12.8 Å². The molecule has 1 aromatic carbocycles. The second kappa shape index (κ2) is 4.05. The number of carbonyl (C=O) groups is 1. The lowest BCUT2D eigenvalue weighted by atomic mass is 10.0. The Morgan fingerprint density at radius 3 is 2.73 bits per heavy atom. The Morgan fingerprint density at radius 1 is 1.47 bits per heavy atom. The smallest absolute Gasteiger partial charge is 0.140 e. The fourth-order valence-electron chi connectivity index (χ4n) is 1.80. The monoisotopic (exact) mass is 204 g/mol. The molecule has 1 aromatic rings. The zero-order valence-corrected chi connectivity index (χ0v) is 9.25. The highest BCUT2D eigenvalue weighted by Crippen LogP contribution is 2.31. The minimum atomic E-state index is 0.354. The van der Waals surface area contributed by atoms with E-state index in [4.69, 9.17) is 4.74 Å². The zero-order chi connectivity index (χ0) is 10.8. The van der Waals surface area contributed by atoms with Crippen LogP contribution in [-0.4, -0.2) is 12.9 Å². The molecule has 0 heterocycles. The summed E-state index contributed by atoms with van der Waals surface area (Å²) in [5, 5.41) is 0. The van der Waals surface area contributed by atoms with Gasteiger partial charge in [-0.2, -0.15) is 0 Å². The Hall–Kier alpha value is -1.31. The van der Waals surface area contributed by atoms with Gasteiger partial charge in [-0.3, -0.25) is 4.79 Å². The highest BCUT2D eigenvalue weighted by molar-refractivity contribution is 5.85. The Balaban J connectivity index is 2.08. The highest BCUT2D eigenvalue weighted by atomic mass is 16.5. The molecule has 2 rings (SSSR count). The number of benzene rings is 1. The molecule has 0 bridgehead atoms. The molecule has 0 amide bonds. The van der Waals surface area contributed by atoms with Crippen LogP contribution in [0.5, 0.6) is 5.75 Å². The first-order chi connectivity index (χ1) is 7.20. The van der Waals surface area contributed by atoms with Gasteiger partial charge >= 0.3 is 0 Å². The van der Waals surface area contributed by atoms with Crippen molar-refractivity contribution < 1.29 is 9.53 Å². The van der Waals surface area contributed by atoms with Crippen molar-refractivity contribution in [3.63, 3.8) is 0 Å². The summed E-state index contributed by atoms with van der Waals surface area (Å²) < 4.78 is 5.18. The van der Waals surface area contributed by atoms with Gasteiger partial charge in [0.2, 0.25) is 0 Å². The number of ether oxygens (including phenoxy) is 1. The van der Waals surface area contributed by atoms with Crippen LogP contribution < -0.4 is 4.74 Å². The van der Waals surface area contributed by atoms with Gasteiger partial charge < -0.3 is 4.74 Å². The maximum Gasteiger partial charge on any atom is 0.140 e. The molecule has 0 radical (unpaired) electrons. The summed E-state index contributed by atoms with van der Waals surface area (Å²) in [6, 6.07) is 5.95. The quantitative estimate of drug-likeness (QED) is 0.753. The van der Waals surface area contributed by atoms with Crippen LogP contribution >= 0.6 is 0 Å². The van der Waals surface area contributed by atoms with E-state index < -0.39 is 0 Å². The third-order valence-corrected chi connectivity index (χ3v) is 2.87. The van der Waals surface area contributed by atoms with E-state index in [1.165, 1.54) is 0 Å². The van der Waals surface area contributed by atoms with E-state index in [1.54, 1.807) is 7.11 Å². The second-order valence-corrected chi connectivity index (χ2v) is 4.22. The number of aryl methyl sites for hydroxylation is 1. The first-order valence-electron chi connectivity index (χ1n) is 5.37. The summed E-state index contributed by atoms with van der Waals surface area (Å²) >= 11 is 0. The van der Waals surface area contributed by atoms with Gasteiger partial charge in [-0.05, 0) is 37.0 Å². The highest BCUT2D eigenvalue weighted by Gasteiger charge is 2.29. The predicted octanol–water partition coefficient (Wildman–Crippen LogP) is 2.53. The SMILES string of the molecule is COc1ccc(CC(=O)C2CC2)cc1C. The largest absolute Gasteiger partial charge is 0.496 e. The van der Waals surface area contributed by atoms with Crippen molar-refractivity contribution in [2.75, 3.05) is 7.11 Å². The van der Waals surface area contributed by atoms with E-state index in [-0.39, 0.29) is 0 Å². The van der Waals surface area contributed by atoms with Gasteiger partial charge in [0, 0.05) is 12.3 Å². The molecule has 1 aliphatic carbocycles. The normalized spacial score (nSPS) is 15.1. The summed E-state index contributed by atoms with van der Waals surface area (Å²) in [7, 11) is 1.66. The molecule has 15 heavy (non-hydrogen) atoms. The minimum Gasteiger partial charge on any atom is -0.496 e. The molecule has 0 spiro atoms. The first-order valence-corrected chi connectivity index (χ1v) is 5.37. The summed E-state index contributed by atoms with van der Waals surface area (Å²) in [5.74, 6) is 1.63. The van der Waals surface area contributed by atoms with E-state index in [1.807, 2.05) is 25.1 Å². The molecular formula is C13H16O2. The maximum atomic E-state index is 11.6. The van der Waals surface area contributed by atoms with Gasteiger partial charge in [0.15, 0.2) is 0 Å². The van der Waals surface area contributed by atoms with Crippen molar-refractivity contribution in [2.45, 2.75) is 26.2 Å². The van der Waals surface area contributed by atoms with Crippen LogP contribution in [-0.2, 0) is 11.2 Å². The molecule has 2 nitrogen and oxygen atoms in total. The van der Waals surface area contributed by atoms with Crippen LogP contribution in [0.15, 0.2) is 18.2 Å². The van der Waals surface area contributed by atoms with Gasteiger partial charge in [-0.15, -0.1) is 0 Å². The van der Waals surface area contributed by atoms with Crippen LogP contribution in [0.4, 0.5) is 0 Å². The zero-order valence-electron chi connectivity index (χ0n) is 9.25. The average molecular weight is 204 g/mol. The van der Waals surface area contributed by atoms with Gasteiger partial charge in [-0.25, -0.2) is 0 Å². The fraction of sp³-hybridized carbons (Fsp3) is 0.462. The predicted molar refractivity (Wildman–Crippen MR) is 59.2 cm³/mol. The fourth-order valence-corrected chi connectivity index (χ4v) is 1.80. The molecule has 0 saturated heterocycles. The number of Topliss-reactive ketones (excluding diaryl/α,β-unsaturated/α-hetero) is 1. The molecule has 0 N–H and O–H groups in total. The van der Waals surface area contributed by atoms with Crippen molar-refractivity contribution >= 4 is 5.78 Å². The Bertz CT molecular complexity index is 378. The number of rotatable bonds is 4. The van der Waals surface area contributed by atoms with Gasteiger partial charge in [0.05, 0.1) is 7.11 Å². The van der Waals surface area contributed by atoms with Crippen LogP contribution in [0.2, 0.25) is 0 Å². The van der Waals surface area contributed by atoms with E-state index in [0.717, 1.165) is 29.7 Å². The lowest BCUT2D eigenvalue weighted by Crippen LogP contribution is -2.04. The van der Waals surface area contributed by atoms with Crippen molar-refractivity contribution in [1.29, 1.82) is 0 Å². The summed E-state index contributed by atoms with van der Waals surface area (Å²) in [5.41, 5.74) is 2.20. The number of methoxy groups -OCH3 is 1. The lowest BCUT2D eigenvalue weighted by Gasteiger charge is -2.06. The third-order valence-electron chi connectivity index (χ3n) is 2.87. The van der Waals surface area contributed by atoms with Crippen LogP contribution in [0.3, 0.4) is 0 Å². The molecule has 0 unspecified atom stereocenters. The summed E-state index contributed by atoms with van der Waals surface area (Å²) in [4.78, 5) is 11.6. The van der Waals surface area contributed by atoms with Gasteiger partial charge in [0.25, 0.3) is 0 Å². The molecule has 80 valence electrons. The average Bonchev–Trinajstić information content (AvgIpc) is 3.01. The first kappa shape index (κ1) is 10.2. The number of ketones is 1. The molecule has 2 heteroatoms. The minimum absolute atomic E-state index is 0.354. The Morgan fingerprint density at radius 2 is 2.20 bits per heavy atom. The molecule has 1 saturated carbocycles. The van der Waals surface area contributed by atoms with E-state index in [2.05, 4.69) is 0 Å². The van der Waals surface area contributed by atoms with Crippen LogP contribution in [0.25, 0.3) is 0 Å². The number of carbonyl (C=O) groups excluding carboxylic acids is 1. The molecular weight excluding hydrogens is 188 g/mol. The lowest BCUT2D eigenvalue weighted by molar-refractivity contribution is -0.119. The van der Waals surface area contributed by atoms with Crippen molar-refractivity contribution in [3.8, 4) is 5.75 Å². The number of hydrogen-bond acceptors (Lipinski definition) is 2. The molecule has 1 fully saturated rings. The molecule has 0 aliphatic heterocycles. The van der Waals surface area contributed by atoms with Crippen molar-refractivity contribution in [1.82, 2.24) is 0 Å². The summed E-state index contributed by atoms with van der Waals surface area (Å²) in [6.07, 6.45) is 2.76. The second-order valence-electron chi connectivity index (χ2n) is 4.22. The third kappa shape index (κ3) is 2.38. The Labute approximate surface area is 90.3 Å². The van der Waals surface area contributed by atoms with Crippen molar-refractivity contribution in [2.24, 2.45) is 5.92 Å². The van der Waals surface area contributed by atoms with Gasteiger partial charge in [0.1, 0.15) is 11.5 Å². The van der Waals surface area contributed by atoms with Crippen LogP contribution in [0.1, 0.15) is 24.0 Å². The Kier molecular flexibility index (Phi) is 2.76. The number of hydrogen-bond donors (Lipinski definition) is 0. The van der Waals surface area contributed by atoms with Gasteiger partial charge in [-0.1, -0.05) is 12.1 Å². The van der Waals surface area contributed by atoms with E-state index >= 15 is 0 Å². The van der Waals surface area contributed by atoms with E-state index in [9.17, 15) is 4.79 Å². The van der Waals surface area contributed by atoms with E-state index in [0.29, 0.717) is 18.1 Å². The summed E-state index contributed by atoms with van der Waals surface area (Å²) in [6.45, 7) is 2.00. The van der Waals surface area contributed by atoms with Crippen molar-refractivity contribution in [3.05, 3.63) is 29.3 Å². The molecule has 0 atom stereocenters. The molecule has 1 aliphatic rings. The standard InChI is InChI=1S/C13H16O2/c1-9-7-10(3-6-13(9)15-2)8-12(14)11-4-5-11/h3,6-7,11H,4-5,8H2,1-2H3. The molecule has 0 aromatic heterocycles. The topological polar surface area (TPSA) is 26.3 Å².